The summed E-state index contributed by atoms with van der Waals surface area (Å²) in [6.45, 7) is 2.01. The molecule has 2 rings (SSSR count). The topological polar surface area (TPSA) is 29.1 Å². The van der Waals surface area contributed by atoms with E-state index in [0.717, 1.165) is 29.4 Å². The number of anilines is 1. The van der Waals surface area contributed by atoms with Crippen LogP contribution in [0.25, 0.3) is 0 Å². The van der Waals surface area contributed by atoms with E-state index in [1.54, 1.807) is 0 Å². The van der Waals surface area contributed by atoms with E-state index in [0.29, 0.717) is 5.56 Å². The fourth-order valence-corrected chi connectivity index (χ4v) is 2.26. The Labute approximate surface area is 128 Å². The normalized spacial score (nSPS) is 10.3. The molecule has 0 atom stereocenters. The van der Waals surface area contributed by atoms with Crippen LogP contribution in [-0.4, -0.2) is 11.2 Å². The molecule has 1 amide bonds. The minimum absolute atomic E-state index is 0.0670. The van der Waals surface area contributed by atoms with Gasteiger partial charge in [-0.1, -0.05) is 45.8 Å². The third kappa shape index (κ3) is 4.20. The van der Waals surface area contributed by atoms with Crippen LogP contribution in [0.1, 0.15) is 27.9 Å². The van der Waals surface area contributed by atoms with Crippen molar-refractivity contribution < 1.29 is 4.79 Å². The number of benzene rings is 2. The molecular formula is C17H18BrNO. The molecule has 0 fully saturated rings. The highest BCUT2D eigenvalue weighted by molar-refractivity contribution is 9.09. The zero-order valence-electron chi connectivity index (χ0n) is 11.5. The third-order valence-corrected chi connectivity index (χ3v) is 3.66. The number of rotatable bonds is 5. The van der Waals surface area contributed by atoms with E-state index >= 15 is 0 Å². The number of aryl methyl sites for hydroxylation is 2. The summed E-state index contributed by atoms with van der Waals surface area (Å²) in [5.74, 6) is -0.0670. The number of alkyl halides is 1. The van der Waals surface area contributed by atoms with E-state index < -0.39 is 0 Å². The molecule has 0 aliphatic heterocycles. The summed E-state index contributed by atoms with van der Waals surface area (Å²) in [7, 11) is 0. The number of carbonyl (C=O) groups excluding carboxylic acids is 1. The predicted octanol–water partition coefficient (Wildman–Crippen LogP) is 4.57. The van der Waals surface area contributed by atoms with Gasteiger partial charge in [-0.25, -0.2) is 0 Å². The van der Waals surface area contributed by atoms with Gasteiger partial charge < -0.3 is 5.32 Å². The highest BCUT2D eigenvalue weighted by Gasteiger charge is 2.05. The van der Waals surface area contributed by atoms with E-state index in [1.807, 2.05) is 49.4 Å². The van der Waals surface area contributed by atoms with Gasteiger partial charge in [0, 0.05) is 16.6 Å². The highest BCUT2D eigenvalue weighted by atomic mass is 79.9. The van der Waals surface area contributed by atoms with Crippen molar-refractivity contribution in [2.24, 2.45) is 0 Å². The first-order valence-electron chi connectivity index (χ1n) is 6.72. The molecule has 0 heterocycles. The lowest BCUT2D eigenvalue weighted by Crippen LogP contribution is -2.11. The van der Waals surface area contributed by atoms with Gasteiger partial charge in [0.15, 0.2) is 0 Å². The second-order valence-electron chi connectivity index (χ2n) is 4.81. The van der Waals surface area contributed by atoms with Crippen LogP contribution in [0.15, 0.2) is 48.5 Å². The molecule has 0 unspecified atom stereocenters. The number of nitrogens with one attached hydrogen (secondary N) is 1. The zero-order valence-corrected chi connectivity index (χ0v) is 13.1. The molecule has 0 spiro atoms. The van der Waals surface area contributed by atoms with Crippen molar-refractivity contribution >= 4 is 27.5 Å². The molecule has 0 aliphatic carbocycles. The van der Waals surface area contributed by atoms with E-state index in [9.17, 15) is 4.79 Å². The molecule has 0 aliphatic rings. The smallest absolute Gasteiger partial charge is 0.255 e. The second-order valence-corrected chi connectivity index (χ2v) is 5.61. The molecule has 104 valence electrons. The predicted molar refractivity (Wildman–Crippen MR) is 87.7 cm³/mol. The molecular weight excluding hydrogens is 314 g/mol. The lowest BCUT2D eigenvalue weighted by molar-refractivity contribution is 0.102. The Morgan fingerprint density at radius 3 is 2.60 bits per heavy atom. The van der Waals surface area contributed by atoms with Crippen LogP contribution in [-0.2, 0) is 6.42 Å². The molecule has 2 aromatic rings. The van der Waals surface area contributed by atoms with Crippen LogP contribution >= 0.6 is 15.9 Å². The molecule has 0 aromatic heterocycles. The third-order valence-electron chi connectivity index (χ3n) is 3.10. The van der Waals surface area contributed by atoms with Gasteiger partial charge in [-0.3, -0.25) is 4.79 Å². The molecule has 20 heavy (non-hydrogen) atoms. The van der Waals surface area contributed by atoms with Gasteiger partial charge in [0.1, 0.15) is 0 Å². The maximum Gasteiger partial charge on any atom is 0.255 e. The highest BCUT2D eigenvalue weighted by Crippen LogP contribution is 2.14. The second kappa shape index (κ2) is 7.25. The number of hydrogen-bond acceptors (Lipinski definition) is 1. The minimum atomic E-state index is -0.0670. The molecule has 1 N–H and O–H groups in total. The molecule has 2 aromatic carbocycles. The van der Waals surface area contributed by atoms with Gasteiger partial charge in [0.25, 0.3) is 5.91 Å². The standard InChI is InChI=1S/C17H18BrNO/c1-13-7-9-15(10-8-13)17(20)19-16-6-2-4-14(12-16)5-3-11-18/h2,4,6-10,12H,3,5,11H2,1H3,(H,19,20). The summed E-state index contributed by atoms with van der Waals surface area (Å²) >= 11 is 3.43. The first kappa shape index (κ1) is 14.8. The number of carbonyl (C=O) groups is 1. The lowest BCUT2D eigenvalue weighted by atomic mass is 10.1. The Hall–Kier alpha value is -1.61. The molecule has 0 saturated carbocycles. The van der Waals surface area contributed by atoms with Crippen LogP contribution in [0.3, 0.4) is 0 Å². The van der Waals surface area contributed by atoms with Crippen molar-refractivity contribution in [1.29, 1.82) is 0 Å². The first-order chi connectivity index (χ1) is 9.69. The van der Waals surface area contributed by atoms with E-state index in [2.05, 4.69) is 27.3 Å². The van der Waals surface area contributed by atoms with Crippen molar-refractivity contribution in [3.05, 3.63) is 65.2 Å². The Morgan fingerprint density at radius 2 is 1.90 bits per heavy atom. The summed E-state index contributed by atoms with van der Waals surface area (Å²) < 4.78 is 0. The summed E-state index contributed by atoms with van der Waals surface area (Å²) in [6.07, 6.45) is 2.11. The maximum atomic E-state index is 12.1. The van der Waals surface area contributed by atoms with Gasteiger partial charge in [-0.05, 0) is 49.6 Å². The number of halogens is 1. The average molecular weight is 332 g/mol. The van der Waals surface area contributed by atoms with E-state index in [4.69, 9.17) is 0 Å². The number of hydrogen-bond donors (Lipinski definition) is 1. The monoisotopic (exact) mass is 331 g/mol. The van der Waals surface area contributed by atoms with Gasteiger partial charge in [-0.2, -0.15) is 0 Å². The van der Waals surface area contributed by atoms with Crippen LogP contribution in [0.4, 0.5) is 5.69 Å². The van der Waals surface area contributed by atoms with Crippen LogP contribution in [0.5, 0.6) is 0 Å². The summed E-state index contributed by atoms with van der Waals surface area (Å²) in [4.78, 5) is 12.1. The Balaban J connectivity index is 2.05. The van der Waals surface area contributed by atoms with Crippen molar-refractivity contribution in [3.8, 4) is 0 Å². The lowest BCUT2D eigenvalue weighted by Gasteiger charge is -2.07. The Bertz CT molecular complexity index is 578. The van der Waals surface area contributed by atoms with Gasteiger partial charge in [0.2, 0.25) is 0 Å². The van der Waals surface area contributed by atoms with Crippen molar-refractivity contribution in [1.82, 2.24) is 0 Å². The maximum absolute atomic E-state index is 12.1. The van der Waals surface area contributed by atoms with E-state index in [1.165, 1.54) is 5.56 Å². The minimum Gasteiger partial charge on any atom is -0.322 e. The Morgan fingerprint density at radius 1 is 1.15 bits per heavy atom. The molecule has 0 bridgehead atoms. The number of amides is 1. The quantitative estimate of drug-likeness (QED) is 0.798. The average Bonchev–Trinajstić information content (AvgIpc) is 2.46. The largest absolute Gasteiger partial charge is 0.322 e. The molecule has 2 nitrogen and oxygen atoms in total. The van der Waals surface area contributed by atoms with Crippen molar-refractivity contribution in [2.45, 2.75) is 19.8 Å². The van der Waals surface area contributed by atoms with E-state index in [-0.39, 0.29) is 5.91 Å². The van der Waals surface area contributed by atoms with Gasteiger partial charge in [0.05, 0.1) is 0 Å². The van der Waals surface area contributed by atoms with Crippen LogP contribution in [0, 0.1) is 6.92 Å². The fourth-order valence-electron chi connectivity index (χ4n) is 1.98. The van der Waals surface area contributed by atoms with Crippen molar-refractivity contribution in [3.63, 3.8) is 0 Å². The van der Waals surface area contributed by atoms with Crippen LogP contribution < -0.4 is 5.32 Å². The molecule has 3 heteroatoms. The van der Waals surface area contributed by atoms with Gasteiger partial charge >= 0.3 is 0 Å². The molecule has 0 saturated heterocycles. The zero-order chi connectivity index (χ0) is 14.4. The van der Waals surface area contributed by atoms with Crippen LogP contribution in [0.2, 0.25) is 0 Å². The van der Waals surface area contributed by atoms with Crippen molar-refractivity contribution in [2.75, 3.05) is 10.6 Å². The molecule has 0 radical (unpaired) electrons. The van der Waals surface area contributed by atoms with Gasteiger partial charge in [-0.15, -0.1) is 0 Å². The Kier molecular flexibility index (Phi) is 5.36. The fraction of sp³-hybridized carbons (Fsp3) is 0.235. The summed E-state index contributed by atoms with van der Waals surface area (Å²) in [5, 5.41) is 3.94. The first-order valence-corrected chi connectivity index (χ1v) is 7.84. The summed E-state index contributed by atoms with van der Waals surface area (Å²) in [5.41, 5.74) is 3.92. The SMILES string of the molecule is Cc1ccc(C(=O)Nc2cccc(CCCBr)c2)cc1. The summed E-state index contributed by atoms with van der Waals surface area (Å²) in [6, 6.07) is 15.6.